The monoisotopic (exact) mass is 274 g/mol. The Bertz CT molecular complexity index is 414. The summed E-state index contributed by atoms with van der Waals surface area (Å²) in [6.07, 6.45) is 3.78. The van der Waals surface area contributed by atoms with Crippen LogP contribution in [0.3, 0.4) is 0 Å². The molecule has 0 spiro atoms. The van der Waals surface area contributed by atoms with Crippen molar-refractivity contribution in [3.8, 4) is 0 Å². The third kappa shape index (κ3) is 4.97. The lowest BCUT2D eigenvalue weighted by molar-refractivity contribution is -0.123. The van der Waals surface area contributed by atoms with Gasteiger partial charge in [0.15, 0.2) is 0 Å². The minimum atomic E-state index is 0.0769. The quantitative estimate of drug-likeness (QED) is 0.790. The van der Waals surface area contributed by atoms with E-state index in [4.69, 9.17) is 0 Å². The number of rotatable bonds is 8. The average molecular weight is 274 g/mol. The van der Waals surface area contributed by atoms with Gasteiger partial charge in [0.25, 0.3) is 0 Å². The van der Waals surface area contributed by atoms with Gasteiger partial charge < -0.3 is 5.32 Å². The molecule has 1 aliphatic carbocycles. The van der Waals surface area contributed by atoms with Crippen LogP contribution >= 0.6 is 0 Å². The topological polar surface area (TPSA) is 32.3 Å². The summed E-state index contributed by atoms with van der Waals surface area (Å²) >= 11 is 0. The third-order valence-corrected chi connectivity index (χ3v) is 3.80. The summed E-state index contributed by atoms with van der Waals surface area (Å²) in [5.74, 6) is 0.969. The molecule has 1 fully saturated rings. The number of benzene rings is 1. The zero-order valence-corrected chi connectivity index (χ0v) is 12.6. The molecule has 1 saturated carbocycles. The predicted molar refractivity (Wildman–Crippen MR) is 82.5 cm³/mol. The van der Waals surface area contributed by atoms with E-state index in [9.17, 15) is 4.79 Å². The molecular formula is C17H26N2O. The lowest BCUT2D eigenvalue weighted by Gasteiger charge is -2.22. The van der Waals surface area contributed by atoms with Crippen molar-refractivity contribution in [3.63, 3.8) is 0 Å². The van der Waals surface area contributed by atoms with Gasteiger partial charge in [-0.15, -0.1) is 0 Å². The molecule has 1 unspecified atom stereocenters. The lowest BCUT2D eigenvalue weighted by atomic mass is 10.1. The summed E-state index contributed by atoms with van der Waals surface area (Å²) in [6.45, 7) is 6.84. The van der Waals surface area contributed by atoms with E-state index in [1.165, 1.54) is 12.8 Å². The standard InChI is InChI=1S/C17H26N2O/c1-3-11-19(12-15-9-10-15)13-17(20)18-14(2)16-7-5-4-6-8-16/h4-8,14-15H,3,9-13H2,1-2H3,(H,18,20). The largest absolute Gasteiger partial charge is 0.348 e. The number of hydrogen-bond donors (Lipinski definition) is 1. The Labute approximate surface area is 122 Å². The molecule has 110 valence electrons. The summed E-state index contributed by atoms with van der Waals surface area (Å²) in [4.78, 5) is 14.5. The Hall–Kier alpha value is -1.35. The van der Waals surface area contributed by atoms with Crippen molar-refractivity contribution in [1.82, 2.24) is 10.2 Å². The van der Waals surface area contributed by atoms with E-state index in [0.29, 0.717) is 6.54 Å². The number of carbonyl (C=O) groups is 1. The first-order valence-electron chi connectivity index (χ1n) is 7.75. The van der Waals surface area contributed by atoms with Crippen LogP contribution in [0.1, 0.15) is 44.7 Å². The fourth-order valence-electron chi connectivity index (χ4n) is 2.53. The van der Waals surface area contributed by atoms with Gasteiger partial charge in [0.05, 0.1) is 12.6 Å². The normalized spacial score (nSPS) is 16.1. The van der Waals surface area contributed by atoms with Crippen molar-refractivity contribution >= 4 is 5.91 Å². The maximum absolute atomic E-state index is 12.2. The van der Waals surface area contributed by atoms with Gasteiger partial charge in [0, 0.05) is 6.54 Å². The van der Waals surface area contributed by atoms with Gasteiger partial charge in [-0.05, 0) is 44.2 Å². The van der Waals surface area contributed by atoms with Crippen molar-refractivity contribution in [1.29, 1.82) is 0 Å². The maximum Gasteiger partial charge on any atom is 0.234 e. The van der Waals surface area contributed by atoms with Gasteiger partial charge in [0.2, 0.25) is 5.91 Å². The molecule has 0 bridgehead atoms. The molecule has 1 amide bonds. The second-order valence-corrected chi connectivity index (χ2v) is 5.88. The Morgan fingerprint density at radius 2 is 2.05 bits per heavy atom. The van der Waals surface area contributed by atoms with E-state index in [-0.39, 0.29) is 11.9 Å². The molecule has 0 saturated heterocycles. The smallest absolute Gasteiger partial charge is 0.234 e. The molecule has 0 radical (unpaired) electrons. The van der Waals surface area contributed by atoms with Crippen LogP contribution < -0.4 is 5.32 Å². The molecule has 2 rings (SSSR count). The first-order chi connectivity index (χ1) is 9.69. The SMILES string of the molecule is CCCN(CC(=O)NC(C)c1ccccc1)CC1CC1. The van der Waals surface area contributed by atoms with Gasteiger partial charge in [-0.1, -0.05) is 37.3 Å². The minimum absolute atomic E-state index is 0.0769. The molecule has 1 aliphatic rings. The highest BCUT2D eigenvalue weighted by Gasteiger charge is 2.25. The Morgan fingerprint density at radius 3 is 2.65 bits per heavy atom. The first kappa shape index (κ1) is 15.0. The molecule has 1 N–H and O–H groups in total. The van der Waals surface area contributed by atoms with Gasteiger partial charge in [-0.25, -0.2) is 0 Å². The fraction of sp³-hybridized carbons (Fsp3) is 0.588. The van der Waals surface area contributed by atoms with Gasteiger partial charge in [-0.3, -0.25) is 9.69 Å². The summed E-state index contributed by atoms with van der Waals surface area (Å²) in [7, 11) is 0. The number of amides is 1. The summed E-state index contributed by atoms with van der Waals surface area (Å²) < 4.78 is 0. The molecule has 0 heterocycles. The fourth-order valence-corrected chi connectivity index (χ4v) is 2.53. The second-order valence-electron chi connectivity index (χ2n) is 5.88. The van der Waals surface area contributed by atoms with E-state index in [1.54, 1.807) is 0 Å². The molecule has 3 nitrogen and oxygen atoms in total. The zero-order valence-electron chi connectivity index (χ0n) is 12.6. The van der Waals surface area contributed by atoms with Crippen LogP contribution in [0.15, 0.2) is 30.3 Å². The molecule has 1 aromatic carbocycles. The maximum atomic E-state index is 12.2. The van der Waals surface area contributed by atoms with Crippen molar-refractivity contribution in [2.45, 2.75) is 39.2 Å². The molecule has 3 heteroatoms. The van der Waals surface area contributed by atoms with Crippen LogP contribution in [0.4, 0.5) is 0 Å². The van der Waals surface area contributed by atoms with Crippen molar-refractivity contribution in [2.24, 2.45) is 5.92 Å². The van der Waals surface area contributed by atoms with Crippen LogP contribution in [0.2, 0.25) is 0 Å². The second kappa shape index (κ2) is 7.44. The minimum Gasteiger partial charge on any atom is -0.348 e. The zero-order chi connectivity index (χ0) is 14.4. The van der Waals surface area contributed by atoms with Crippen LogP contribution in [-0.2, 0) is 4.79 Å². The Morgan fingerprint density at radius 1 is 1.35 bits per heavy atom. The predicted octanol–water partition coefficient (Wildman–Crippen LogP) is 2.99. The van der Waals surface area contributed by atoms with Gasteiger partial charge in [0.1, 0.15) is 0 Å². The van der Waals surface area contributed by atoms with Gasteiger partial charge >= 0.3 is 0 Å². The summed E-state index contributed by atoms with van der Waals surface area (Å²) in [5, 5.41) is 3.10. The lowest BCUT2D eigenvalue weighted by Crippen LogP contribution is -2.39. The molecule has 0 aromatic heterocycles. The highest BCUT2D eigenvalue weighted by Crippen LogP contribution is 2.29. The molecule has 1 aromatic rings. The van der Waals surface area contributed by atoms with E-state index in [0.717, 1.165) is 31.0 Å². The van der Waals surface area contributed by atoms with Crippen molar-refractivity contribution in [2.75, 3.05) is 19.6 Å². The summed E-state index contributed by atoms with van der Waals surface area (Å²) in [6, 6.07) is 10.2. The average Bonchev–Trinajstić information content (AvgIpc) is 3.23. The first-order valence-corrected chi connectivity index (χ1v) is 7.75. The Balaban J connectivity index is 1.80. The number of nitrogens with zero attached hydrogens (tertiary/aromatic N) is 1. The van der Waals surface area contributed by atoms with Crippen LogP contribution in [0, 0.1) is 5.92 Å². The molecule has 20 heavy (non-hydrogen) atoms. The van der Waals surface area contributed by atoms with Crippen molar-refractivity contribution < 1.29 is 4.79 Å². The van der Waals surface area contributed by atoms with Crippen LogP contribution in [0.25, 0.3) is 0 Å². The number of hydrogen-bond acceptors (Lipinski definition) is 2. The van der Waals surface area contributed by atoms with Crippen LogP contribution in [0.5, 0.6) is 0 Å². The van der Waals surface area contributed by atoms with E-state index in [1.807, 2.05) is 25.1 Å². The Kier molecular flexibility index (Phi) is 5.60. The highest BCUT2D eigenvalue weighted by atomic mass is 16.2. The molecule has 1 atom stereocenters. The van der Waals surface area contributed by atoms with Crippen LogP contribution in [-0.4, -0.2) is 30.4 Å². The molecule has 0 aliphatic heterocycles. The van der Waals surface area contributed by atoms with Gasteiger partial charge in [-0.2, -0.15) is 0 Å². The van der Waals surface area contributed by atoms with Crippen molar-refractivity contribution in [3.05, 3.63) is 35.9 Å². The molecular weight excluding hydrogens is 248 g/mol. The number of carbonyl (C=O) groups excluding carboxylic acids is 1. The van der Waals surface area contributed by atoms with E-state index in [2.05, 4.69) is 29.3 Å². The van der Waals surface area contributed by atoms with E-state index < -0.39 is 0 Å². The number of nitrogens with one attached hydrogen (secondary N) is 1. The van der Waals surface area contributed by atoms with E-state index >= 15 is 0 Å². The summed E-state index contributed by atoms with van der Waals surface area (Å²) in [5.41, 5.74) is 1.16. The third-order valence-electron chi connectivity index (χ3n) is 3.80. The highest BCUT2D eigenvalue weighted by molar-refractivity contribution is 5.78.